The Morgan fingerprint density at radius 2 is 2.46 bits per heavy atom. The minimum absolute atomic E-state index is 0.0201. The van der Waals surface area contributed by atoms with Crippen LogP contribution in [0.15, 0.2) is 4.99 Å². The van der Waals surface area contributed by atoms with Gasteiger partial charge in [0.1, 0.15) is 11.9 Å². The Bertz CT molecular complexity index is 250. The van der Waals surface area contributed by atoms with Gasteiger partial charge in [0.15, 0.2) is 0 Å². The number of carbonyl (C=O) groups is 1. The second kappa shape index (κ2) is 3.46. The standard InChI is InChI=1S/C9H14N2O2/c1-10-7-4-6-13-8-3-2-5-11(8)9(7)12/h8H,2-6H2,1H3. The number of amides is 1. The normalized spacial score (nSPS) is 32.1. The first-order valence-corrected chi connectivity index (χ1v) is 4.71. The van der Waals surface area contributed by atoms with E-state index in [-0.39, 0.29) is 12.1 Å². The van der Waals surface area contributed by atoms with Crippen LogP contribution in [0.25, 0.3) is 0 Å². The van der Waals surface area contributed by atoms with E-state index in [0.29, 0.717) is 18.7 Å². The van der Waals surface area contributed by atoms with Crippen molar-refractivity contribution in [1.29, 1.82) is 0 Å². The van der Waals surface area contributed by atoms with Crippen molar-refractivity contribution in [2.24, 2.45) is 4.99 Å². The molecule has 1 amide bonds. The van der Waals surface area contributed by atoms with E-state index in [9.17, 15) is 4.79 Å². The first-order chi connectivity index (χ1) is 6.33. The molecule has 1 atom stereocenters. The average Bonchev–Trinajstić information content (AvgIpc) is 2.54. The first-order valence-electron chi connectivity index (χ1n) is 4.71. The highest BCUT2D eigenvalue weighted by molar-refractivity contribution is 6.39. The number of ether oxygens (including phenoxy) is 1. The molecule has 4 heteroatoms. The van der Waals surface area contributed by atoms with Crippen LogP contribution >= 0.6 is 0 Å². The maximum Gasteiger partial charge on any atom is 0.269 e. The number of aliphatic imine (C=N–C) groups is 1. The summed E-state index contributed by atoms with van der Waals surface area (Å²) >= 11 is 0. The van der Waals surface area contributed by atoms with Crippen LogP contribution in [0, 0.1) is 0 Å². The predicted molar refractivity (Wildman–Crippen MR) is 48.7 cm³/mol. The third kappa shape index (κ3) is 1.46. The van der Waals surface area contributed by atoms with Gasteiger partial charge >= 0.3 is 0 Å². The minimum Gasteiger partial charge on any atom is -0.358 e. The van der Waals surface area contributed by atoms with Crippen molar-refractivity contribution in [3.8, 4) is 0 Å². The highest BCUT2D eigenvalue weighted by Gasteiger charge is 2.33. The first kappa shape index (κ1) is 8.69. The average molecular weight is 182 g/mol. The van der Waals surface area contributed by atoms with Crippen molar-refractivity contribution in [3.05, 3.63) is 0 Å². The third-order valence-electron chi connectivity index (χ3n) is 2.62. The zero-order valence-corrected chi connectivity index (χ0v) is 7.82. The SMILES string of the molecule is CN=C1CCOC2CCCN2C1=O. The van der Waals surface area contributed by atoms with Gasteiger partial charge in [-0.2, -0.15) is 0 Å². The van der Waals surface area contributed by atoms with Gasteiger partial charge < -0.3 is 9.64 Å². The molecular weight excluding hydrogens is 168 g/mol. The number of hydrogen-bond acceptors (Lipinski definition) is 3. The van der Waals surface area contributed by atoms with Gasteiger partial charge in [-0.1, -0.05) is 0 Å². The fourth-order valence-electron chi connectivity index (χ4n) is 1.91. The lowest BCUT2D eigenvalue weighted by molar-refractivity contribution is -0.132. The lowest BCUT2D eigenvalue weighted by Gasteiger charge is -2.20. The van der Waals surface area contributed by atoms with E-state index in [0.717, 1.165) is 19.4 Å². The quantitative estimate of drug-likeness (QED) is 0.545. The van der Waals surface area contributed by atoms with Gasteiger partial charge in [0.05, 0.1) is 6.61 Å². The van der Waals surface area contributed by atoms with Crippen LogP contribution < -0.4 is 0 Å². The lowest BCUT2D eigenvalue weighted by atomic mass is 10.2. The Kier molecular flexibility index (Phi) is 2.31. The van der Waals surface area contributed by atoms with Crippen molar-refractivity contribution in [2.75, 3.05) is 20.2 Å². The van der Waals surface area contributed by atoms with Crippen molar-refractivity contribution in [2.45, 2.75) is 25.5 Å². The molecule has 2 fully saturated rings. The van der Waals surface area contributed by atoms with Crippen molar-refractivity contribution >= 4 is 11.6 Å². The lowest BCUT2D eigenvalue weighted by Crippen LogP contribution is -2.38. The molecule has 1 unspecified atom stereocenters. The van der Waals surface area contributed by atoms with Gasteiger partial charge in [0, 0.05) is 20.0 Å². The smallest absolute Gasteiger partial charge is 0.269 e. The molecule has 2 rings (SSSR count). The molecule has 72 valence electrons. The zero-order chi connectivity index (χ0) is 9.26. The molecule has 0 aromatic rings. The van der Waals surface area contributed by atoms with Gasteiger partial charge in [-0.25, -0.2) is 0 Å². The second-order valence-corrected chi connectivity index (χ2v) is 3.39. The summed E-state index contributed by atoms with van der Waals surface area (Å²) in [6.45, 7) is 1.45. The summed E-state index contributed by atoms with van der Waals surface area (Å²) in [5.41, 5.74) is 0.657. The van der Waals surface area contributed by atoms with Gasteiger partial charge in [0.25, 0.3) is 5.91 Å². The monoisotopic (exact) mass is 182 g/mol. The Morgan fingerprint density at radius 3 is 3.23 bits per heavy atom. The molecule has 0 aromatic carbocycles. The van der Waals surface area contributed by atoms with Gasteiger partial charge in [-0.15, -0.1) is 0 Å². The summed E-state index contributed by atoms with van der Waals surface area (Å²) in [4.78, 5) is 17.6. The number of rotatable bonds is 0. The molecular formula is C9H14N2O2. The largest absolute Gasteiger partial charge is 0.358 e. The number of carbonyl (C=O) groups excluding carboxylic acids is 1. The van der Waals surface area contributed by atoms with Gasteiger partial charge in [-0.3, -0.25) is 9.79 Å². The van der Waals surface area contributed by atoms with E-state index in [1.165, 1.54) is 0 Å². The van der Waals surface area contributed by atoms with E-state index in [1.54, 1.807) is 11.9 Å². The molecule has 0 aliphatic carbocycles. The fraction of sp³-hybridized carbons (Fsp3) is 0.778. The topological polar surface area (TPSA) is 41.9 Å². The molecule has 0 aromatic heterocycles. The summed E-state index contributed by atoms with van der Waals surface area (Å²) in [6.07, 6.45) is 2.70. The van der Waals surface area contributed by atoms with Crippen LogP contribution in [0.3, 0.4) is 0 Å². The maximum atomic E-state index is 11.8. The fourth-order valence-corrected chi connectivity index (χ4v) is 1.91. The molecule has 2 aliphatic heterocycles. The van der Waals surface area contributed by atoms with Gasteiger partial charge in [-0.05, 0) is 12.8 Å². The number of nitrogens with zero attached hydrogens (tertiary/aromatic N) is 2. The molecule has 0 N–H and O–H groups in total. The van der Waals surface area contributed by atoms with E-state index >= 15 is 0 Å². The number of hydrogen-bond donors (Lipinski definition) is 0. The summed E-state index contributed by atoms with van der Waals surface area (Å²) in [6, 6.07) is 0. The van der Waals surface area contributed by atoms with Gasteiger partial charge in [0.2, 0.25) is 0 Å². The van der Waals surface area contributed by atoms with Crippen LogP contribution in [-0.2, 0) is 9.53 Å². The summed E-state index contributed by atoms with van der Waals surface area (Å²) in [5.74, 6) is 0.0718. The molecule has 2 heterocycles. The van der Waals surface area contributed by atoms with Crippen LogP contribution in [-0.4, -0.2) is 42.9 Å². The molecule has 2 aliphatic rings. The summed E-state index contributed by atoms with van der Waals surface area (Å²) in [7, 11) is 1.67. The highest BCUT2D eigenvalue weighted by atomic mass is 16.5. The molecule has 0 radical (unpaired) electrons. The van der Waals surface area contributed by atoms with Crippen molar-refractivity contribution < 1.29 is 9.53 Å². The van der Waals surface area contributed by atoms with E-state index in [2.05, 4.69) is 4.99 Å². The third-order valence-corrected chi connectivity index (χ3v) is 2.62. The molecule has 13 heavy (non-hydrogen) atoms. The second-order valence-electron chi connectivity index (χ2n) is 3.39. The Morgan fingerprint density at radius 1 is 1.62 bits per heavy atom. The maximum absolute atomic E-state index is 11.8. The minimum atomic E-state index is 0.0201. The summed E-state index contributed by atoms with van der Waals surface area (Å²) < 4.78 is 5.55. The Balaban J connectivity index is 2.20. The van der Waals surface area contributed by atoms with E-state index in [4.69, 9.17) is 4.74 Å². The van der Waals surface area contributed by atoms with Crippen molar-refractivity contribution in [3.63, 3.8) is 0 Å². The zero-order valence-electron chi connectivity index (χ0n) is 7.82. The molecule has 0 saturated carbocycles. The van der Waals surface area contributed by atoms with Crippen LogP contribution in [0.2, 0.25) is 0 Å². The van der Waals surface area contributed by atoms with E-state index in [1.807, 2.05) is 0 Å². The number of fused-ring (bicyclic) bond motifs is 1. The van der Waals surface area contributed by atoms with Crippen LogP contribution in [0.4, 0.5) is 0 Å². The predicted octanol–water partition coefficient (Wildman–Crippen LogP) is 0.426. The molecule has 0 bridgehead atoms. The molecule has 2 saturated heterocycles. The molecule has 0 spiro atoms. The van der Waals surface area contributed by atoms with Crippen molar-refractivity contribution in [1.82, 2.24) is 4.90 Å². The Labute approximate surface area is 77.6 Å². The molecule has 4 nitrogen and oxygen atoms in total. The Hall–Kier alpha value is -0.900. The van der Waals surface area contributed by atoms with Crippen LogP contribution in [0.5, 0.6) is 0 Å². The van der Waals surface area contributed by atoms with E-state index < -0.39 is 0 Å². The van der Waals surface area contributed by atoms with Crippen LogP contribution in [0.1, 0.15) is 19.3 Å². The highest BCUT2D eigenvalue weighted by Crippen LogP contribution is 2.21. The summed E-state index contributed by atoms with van der Waals surface area (Å²) in [5, 5.41) is 0.